The minimum atomic E-state index is -0.174. The van der Waals surface area contributed by atoms with Crippen LogP contribution in [0.3, 0.4) is 0 Å². The fraction of sp³-hybridized carbons (Fsp3) is 0.875. The summed E-state index contributed by atoms with van der Waals surface area (Å²) in [4.78, 5) is 18.8. The maximum atomic E-state index is 12.4. The fourth-order valence-electron chi connectivity index (χ4n) is 6.10. The molecule has 0 aromatic carbocycles. The Morgan fingerprint density at radius 3 is 2.25 bits per heavy atom. The molecule has 6 rings (SSSR count). The Labute approximate surface area is 119 Å². The molecule has 108 valence electrons. The van der Waals surface area contributed by atoms with Crippen LogP contribution in [0, 0.1) is 29.6 Å². The number of urea groups is 1. The van der Waals surface area contributed by atoms with Crippen molar-refractivity contribution in [3.8, 4) is 0 Å². The summed E-state index contributed by atoms with van der Waals surface area (Å²) in [6.45, 7) is 0.908. The first kappa shape index (κ1) is 11.6. The molecule has 5 aliphatic carbocycles. The molecule has 5 saturated carbocycles. The van der Waals surface area contributed by atoms with Crippen molar-refractivity contribution in [2.45, 2.75) is 50.5 Å². The number of amides is 2. The lowest BCUT2D eigenvalue weighted by molar-refractivity contribution is -0.0788. The number of nitrogens with two attached hydrogens (primary N) is 1. The molecule has 1 spiro atoms. The van der Waals surface area contributed by atoms with E-state index in [4.69, 9.17) is 5.73 Å². The van der Waals surface area contributed by atoms with Crippen LogP contribution in [-0.4, -0.2) is 28.9 Å². The van der Waals surface area contributed by atoms with Gasteiger partial charge in [0.1, 0.15) is 11.4 Å². The molecule has 0 aromatic rings. The summed E-state index contributed by atoms with van der Waals surface area (Å²) in [5, 5.41) is 0. The van der Waals surface area contributed by atoms with Crippen molar-refractivity contribution in [1.82, 2.24) is 4.90 Å². The number of hydrogen-bond acceptors (Lipinski definition) is 2. The quantitative estimate of drug-likeness (QED) is 0.839. The zero-order valence-electron chi connectivity index (χ0n) is 11.9. The molecule has 5 fully saturated rings. The minimum absolute atomic E-state index is 0.0399. The molecule has 2 amide bonds. The number of carbonyl (C=O) groups is 1. The van der Waals surface area contributed by atoms with E-state index in [1.54, 1.807) is 0 Å². The monoisotopic (exact) mass is 273 g/mol. The molecule has 1 aliphatic heterocycles. The Morgan fingerprint density at radius 1 is 1.10 bits per heavy atom. The molecule has 20 heavy (non-hydrogen) atoms. The molecule has 0 atom stereocenters. The molecular formula is C16H23N3O. The number of amidine groups is 1. The van der Waals surface area contributed by atoms with Crippen LogP contribution in [0.25, 0.3) is 0 Å². The largest absolute Gasteiger partial charge is 0.385 e. The predicted molar refractivity (Wildman–Crippen MR) is 76.2 cm³/mol. The topological polar surface area (TPSA) is 58.7 Å². The summed E-state index contributed by atoms with van der Waals surface area (Å²) in [6.07, 6.45) is 9.09. The van der Waals surface area contributed by atoms with Crippen LogP contribution in [-0.2, 0) is 0 Å². The smallest absolute Gasteiger partial charge is 0.346 e. The maximum absolute atomic E-state index is 12.4. The Kier molecular flexibility index (Phi) is 2.07. The van der Waals surface area contributed by atoms with Gasteiger partial charge in [-0.05, 0) is 74.5 Å². The van der Waals surface area contributed by atoms with Gasteiger partial charge in [0.25, 0.3) is 0 Å². The number of rotatable bonds is 2. The average molecular weight is 273 g/mol. The summed E-state index contributed by atoms with van der Waals surface area (Å²) < 4.78 is 0. The SMILES string of the molecule is NC1=NC(=O)N(CC2CC2)C12C1CC3CC(C1)CC2C3. The Hall–Kier alpha value is -1.06. The van der Waals surface area contributed by atoms with Crippen LogP contribution in [0.2, 0.25) is 0 Å². The molecule has 4 heteroatoms. The second kappa shape index (κ2) is 3.58. The minimum Gasteiger partial charge on any atom is -0.385 e. The zero-order chi connectivity index (χ0) is 13.5. The second-order valence-corrected chi connectivity index (χ2v) is 7.96. The molecule has 4 nitrogen and oxygen atoms in total. The third kappa shape index (κ3) is 1.28. The van der Waals surface area contributed by atoms with Gasteiger partial charge in [0.2, 0.25) is 0 Å². The molecule has 0 aromatic heterocycles. The van der Waals surface area contributed by atoms with E-state index >= 15 is 0 Å². The molecule has 0 saturated heterocycles. The van der Waals surface area contributed by atoms with E-state index in [0.29, 0.717) is 23.6 Å². The lowest BCUT2D eigenvalue weighted by atomic mass is 9.48. The van der Waals surface area contributed by atoms with Gasteiger partial charge in [-0.25, -0.2) is 4.79 Å². The van der Waals surface area contributed by atoms with E-state index in [1.165, 1.54) is 44.9 Å². The molecule has 1 heterocycles. The maximum Gasteiger partial charge on any atom is 0.346 e. The van der Waals surface area contributed by atoms with Crippen molar-refractivity contribution in [2.24, 2.45) is 40.3 Å². The van der Waals surface area contributed by atoms with Crippen LogP contribution < -0.4 is 5.73 Å². The first-order chi connectivity index (χ1) is 9.67. The van der Waals surface area contributed by atoms with Crippen LogP contribution in [0.4, 0.5) is 4.79 Å². The summed E-state index contributed by atoms with van der Waals surface area (Å²) >= 11 is 0. The molecule has 6 aliphatic rings. The third-order valence-corrected chi connectivity index (χ3v) is 6.82. The van der Waals surface area contributed by atoms with E-state index in [2.05, 4.69) is 9.89 Å². The van der Waals surface area contributed by atoms with Gasteiger partial charge >= 0.3 is 6.03 Å². The summed E-state index contributed by atoms with van der Waals surface area (Å²) in [5.74, 6) is 4.36. The van der Waals surface area contributed by atoms with Gasteiger partial charge in [0, 0.05) is 6.54 Å². The highest BCUT2D eigenvalue weighted by Crippen LogP contribution is 2.61. The Morgan fingerprint density at radius 2 is 1.70 bits per heavy atom. The van der Waals surface area contributed by atoms with Crippen molar-refractivity contribution in [3.63, 3.8) is 0 Å². The van der Waals surface area contributed by atoms with Crippen molar-refractivity contribution in [2.75, 3.05) is 6.54 Å². The lowest BCUT2D eigenvalue weighted by Gasteiger charge is -2.62. The van der Waals surface area contributed by atoms with Gasteiger partial charge < -0.3 is 10.6 Å². The highest BCUT2D eigenvalue weighted by atomic mass is 16.2. The van der Waals surface area contributed by atoms with Gasteiger partial charge in [0.05, 0.1) is 0 Å². The van der Waals surface area contributed by atoms with Crippen molar-refractivity contribution in [1.29, 1.82) is 0 Å². The van der Waals surface area contributed by atoms with E-state index in [0.717, 1.165) is 18.4 Å². The Bertz CT molecular complexity index is 480. The average Bonchev–Trinajstić information content (AvgIpc) is 3.16. The first-order valence-electron chi connectivity index (χ1n) is 8.34. The molecule has 0 radical (unpaired) electrons. The van der Waals surface area contributed by atoms with Gasteiger partial charge in [-0.3, -0.25) is 0 Å². The molecular weight excluding hydrogens is 250 g/mol. The van der Waals surface area contributed by atoms with E-state index in [1.807, 2.05) is 0 Å². The normalized spacial score (nSPS) is 49.3. The predicted octanol–water partition coefficient (Wildman–Crippen LogP) is 2.38. The van der Waals surface area contributed by atoms with Crippen LogP contribution >= 0.6 is 0 Å². The standard InChI is InChI=1S/C16H23N3O/c17-14-16(19(15(20)18-14)8-9-1-2-9)12-4-10-3-11(6-12)7-13(16)5-10/h9-13H,1-8H2,(H2,17,18,20). The fourth-order valence-corrected chi connectivity index (χ4v) is 6.10. The number of nitrogens with zero attached hydrogens (tertiary/aromatic N) is 2. The van der Waals surface area contributed by atoms with Gasteiger partial charge in [0.15, 0.2) is 0 Å². The summed E-state index contributed by atoms with van der Waals surface area (Å²) in [7, 11) is 0. The lowest BCUT2D eigenvalue weighted by Crippen LogP contribution is -2.69. The van der Waals surface area contributed by atoms with Gasteiger partial charge in [-0.15, -0.1) is 0 Å². The van der Waals surface area contributed by atoms with Crippen LogP contribution in [0.5, 0.6) is 0 Å². The molecule has 0 unspecified atom stereocenters. The molecule has 4 bridgehead atoms. The van der Waals surface area contributed by atoms with Crippen molar-refractivity contribution < 1.29 is 4.79 Å². The second-order valence-electron chi connectivity index (χ2n) is 7.96. The van der Waals surface area contributed by atoms with Crippen molar-refractivity contribution in [3.05, 3.63) is 0 Å². The first-order valence-corrected chi connectivity index (χ1v) is 8.34. The third-order valence-electron chi connectivity index (χ3n) is 6.82. The van der Waals surface area contributed by atoms with Crippen LogP contribution in [0.1, 0.15) is 44.9 Å². The van der Waals surface area contributed by atoms with E-state index in [-0.39, 0.29) is 11.6 Å². The number of aliphatic imine (C=N–C) groups is 1. The van der Waals surface area contributed by atoms with E-state index < -0.39 is 0 Å². The summed E-state index contributed by atoms with van der Waals surface area (Å²) in [5.41, 5.74) is 6.19. The highest BCUT2D eigenvalue weighted by Gasteiger charge is 2.65. The van der Waals surface area contributed by atoms with E-state index in [9.17, 15) is 4.79 Å². The zero-order valence-corrected chi connectivity index (χ0v) is 11.9. The van der Waals surface area contributed by atoms with Crippen LogP contribution in [0.15, 0.2) is 4.99 Å². The summed E-state index contributed by atoms with van der Waals surface area (Å²) in [6, 6.07) is -0.0399. The van der Waals surface area contributed by atoms with Gasteiger partial charge in [-0.1, -0.05) is 0 Å². The molecule has 2 N–H and O–H groups in total. The number of hydrogen-bond donors (Lipinski definition) is 1. The van der Waals surface area contributed by atoms with Crippen molar-refractivity contribution >= 4 is 11.9 Å². The Balaban J connectivity index is 1.58. The van der Waals surface area contributed by atoms with Gasteiger partial charge in [-0.2, -0.15) is 4.99 Å². The highest BCUT2D eigenvalue weighted by molar-refractivity contribution is 6.06. The number of carbonyl (C=O) groups excluding carboxylic acids is 1.